The van der Waals surface area contributed by atoms with Crippen molar-refractivity contribution in [3.8, 4) is 5.75 Å². The maximum absolute atomic E-state index is 13.3. The second-order valence-electron chi connectivity index (χ2n) is 8.11. The van der Waals surface area contributed by atoms with Gasteiger partial charge in [0.05, 0.1) is 41.5 Å². The number of hydrogen-bond donors (Lipinski definition) is 1. The third-order valence-electron chi connectivity index (χ3n) is 5.73. The van der Waals surface area contributed by atoms with E-state index in [2.05, 4.69) is 4.98 Å². The van der Waals surface area contributed by atoms with Crippen LogP contribution in [0.4, 0.5) is 5.69 Å². The van der Waals surface area contributed by atoms with Crippen molar-refractivity contribution in [1.29, 1.82) is 0 Å². The first-order valence-corrected chi connectivity index (χ1v) is 12.1. The van der Waals surface area contributed by atoms with Crippen LogP contribution in [-0.4, -0.2) is 41.5 Å². The summed E-state index contributed by atoms with van der Waals surface area (Å²) in [6.07, 6.45) is 3.73. The molecule has 0 spiro atoms. The largest absolute Gasteiger partial charge is 0.507 e. The Hall–Kier alpha value is -3.88. The lowest BCUT2D eigenvalue weighted by Crippen LogP contribution is -2.29. The molecule has 37 heavy (non-hydrogen) atoms. The minimum atomic E-state index is -1.03. The van der Waals surface area contributed by atoms with Gasteiger partial charge in [-0.3, -0.25) is 19.5 Å². The standard InChI is InChI=1S/C27H22Cl2N2O6/c1-3-11-37-27(35)15-6-8-18(9-7-15)31-22(16-5-4-10-30-14-16)21(24(33)26(31)34)23(32)19-12-17(28)13-20(29)25(19)36-2/h4-10,12-14,22,32H,3,11H2,1-2H3/b23-21+. The first-order valence-electron chi connectivity index (χ1n) is 11.3. The zero-order chi connectivity index (χ0) is 26.7. The Morgan fingerprint density at radius 2 is 1.86 bits per heavy atom. The van der Waals surface area contributed by atoms with Gasteiger partial charge in [-0.25, -0.2) is 4.79 Å². The van der Waals surface area contributed by atoms with Gasteiger partial charge in [0.15, 0.2) is 0 Å². The van der Waals surface area contributed by atoms with Crippen LogP contribution in [0.15, 0.2) is 66.5 Å². The van der Waals surface area contributed by atoms with Crippen LogP contribution in [0.5, 0.6) is 5.75 Å². The summed E-state index contributed by atoms with van der Waals surface area (Å²) in [6.45, 7) is 2.17. The Bertz CT molecular complexity index is 1390. The maximum atomic E-state index is 13.3. The third kappa shape index (κ3) is 5.03. The molecule has 1 unspecified atom stereocenters. The molecule has 10 heteroatoms. The Labute approximate surface area is 223 Å². The number of pyridine rings is 1. The minimum absolute atomic E-state index is 0.0564. The van der Waals surface area contributed by atoms with Gasteiger partial charge < -0.3 is 14.6 Å². The number of hydrogen-bond acceptors (Lipinski definition) is 7. The number of nitrogens with zero attached hydrogens (tertiary/aromatic N) is 2. The minimum Gasteiger partial charge on any atom is -0.507 e. The van der Waals surface area contributed by atoms with E-state index in [0.717, 1.165) is 0 Å². The van der Waals surface area contributed by atoms with E-state index in [1.807, 2.05) is 6.92 Å². The maximum Gasteiger partial charge on any atom is 0.338 e. The highest BCUT2D eigenvalue weighted by Crippen LogP contribution is 2.44. The number of Topliss-reactive ketones (excluding diaryl/α,β-unsaturated/α-hetero) is 1. The van der Waals surface area contributed by atoms with Crippen molar-refractivity contribution in [2.45, 2.75) is 19.4 Å². The molecule has 0 bridgehead atoms. The number of anilines is 1. The fraction of sp³-hybridized carbons (Fsp3) is 0.185. The number of carbonyl (C=O) groups excluding carboxylic acids is 3. The molecule has 1 saturated heterocycles. The second-order valence-corrected chi connectivity index (χ2v) is 8.95. The van der Waals surface area contributed by atoms with Crippen molar-refractivity contribution in [2.75, 3.05) is 18.6 Å². The first kappa shape index (κ1) is 26.2. The average molecular weight is 541 g/mol. The first-order chi connectivity index (χ1) is 17.8. The number of methoxy groups -OCH3 is 1. The number of ketones is 1. The van der Waals surface area contributed by atoms with Gasteiger partial charge in [0.1, 0.15) is 11.5 Å². The molecule has 3 aromatic rings. The van der Waals surface area contributed by atoms with Gasteiger partial charge in [-0.1, -0.05) is 36.2 Å². The number of rotatable bonds is 7. The lowest BCUT2D eigenvalue weighted by molar-refractivity contribution is -0.132. The highest BCUT2D eigenvalue weighted by Gasteiger charge is 2.47. The number of ether oxygens (including phenoxy) is 2. The topological polar surface area (TPSA) is 106 Å². The van der Waals surface area contributed by atoms with Crippen molar-refractivity contribution >= 4 is 52.3 Å². The van der Waals surface area contributed by atoms with Crippen LogP contribution in [0.25, 0.3) is 5.76 Å². The highest BCUT2D eigenvalue weighted by molar-refractivity contribution is 6.52. The van der Waals surface area contributed by atoms with E-state index in [-0.39, 0.29) is 33.5 Å². The van der Waals surface area contributed by atoms with Crippen molar-refractivity contribution in [3.05, 3.63) is 93.2 Å². The molecule has 4 rings (SSSR count). The Morgan fingerprint density at radius 1 is 1.14 bits per heavy atom. The summed E-state index contributed by atoms with van der Waals surface area (Å²) >= 11 is 12.4. The Balaban J connectivity index is 1.87. The molecule has 1 fully saturated rings. The quantitative estimate of drug-likeness (QED) is 0.180. The Kier molecular flexibility index (Phi) is 7.80. The molecule has 8 nitrogen and oxygen atoms in total. The predicted octanol–water partition coefficient (Wildman–Crippen LogP) is 5.59. The summed E-state index contributed by atoms with van der Waals surface area (Å²) in [7, 11) is 1.36. The summed E-state index contributed by atoms with van der Waals surface area (Å²) < 4.78 is 10.5. The molecule has 0 radical (unpaired) electrons. The van der Waals surface area contributed by atoms with Gasteiger partial charge >= 0.3 is 5.97 Å². The van der Waals surface area contributed by atoms with Crippen LogP contribution in [0, 0.1) is 0 Å². The van der Waals surface area contributed by atoms with Crippen LogP contribution in [0.2, 0.25) is 10.0 Å². The van der Waals surface area contributed by atoms with Crippen molar-refractivity contribution in [3.63, 3.8) is 0 Å². The molecule has 2 aromatic carbocycles. The molecule has 1 aliphatic rings. The van der Waals surface area contributed by atoms with Crippen LogP contribution in [0.3, 0.4) is 0 Å². The SMILES string of the molecule is CCCOC(=O)c1ccc(N2C(=O)C(=O)/C(=C(/O)c3cc(Cl)cc(Cl)c3OC)C2c2cccnc2)cc1. The number of carbonyl (C=O) groups is 3. The van der Waals surface area contributed by atoms with Crippen LogP contribution < -0.4 is 9.64 Å². The molecule has 1 amide bonds. The lowest BCUT2D eigenvalue weighted by Gasteiger charge is -2.25. The van der Waals surface area contributed by atoms with Crippen molar-refractivity contribution in [1.82, 2.24) is 4.98 Å². The van der Waals surface area contributed by atoms with Crippen molar-refractivity contribution < 1.29 is 29.0 Å². The number of esters is 1. The van der Waals surface area contributed by atoms with E-state index in [9.17, 15) is 19.5 Å². The summed E-state index contributed by atoms with van der Waals surface area (Å²) in [5, 5.41) is 11.7. The number of amides is 1. The van der Waals surface area contributed by atoms with E-state index in [4.69, 9.17) is 32.7 Å². The van der Waals surface area contributed by atoms with Gasteiger partial charge in [-0.15, -0.1) is 0 Å². The molecule has 1 aromatic heterocycles. The molecule has 1 aliphatic heterocycles. The molecule has 1 atom stereocenters. The average Bonchev–Trinajstić information content (AvgIpc) is 3.17. The highest BCUT2D eigenvalue weighted by atomic mass is 35.5. The third-order valence-corrected chi connectivity index (χ3v) is 6.23. The van der Waals surface area contributed by atoms with Crippen LogP contribution in [-0.2, 0) is 14.3 Å². The molecule has 1 N–H and O–H groups in total. The van der Waals surface area contributed by atoms with E-state index in [1.54, 1.807) is 18.3 Å². The van der Waals surface area contributed by atoms with Crippen LogP contribution >= 0.6 is 23.2 Å². The number of benzene rings is 2. The zero-order valence-corrected chi connectivity index (χ0v) is 21.4. The summed E-state index contributed by atoms with van der Waals surface area (Å²) in [5.74, 6) is -2.70. The molecule has 0 aliphatic carbocycles. The predicted molar refractivity (Wildman–Crippen MR) is 139 cm³/mol. The second kappa shape index (κ2) is 11.0. The van der Waals surface area contributed by atoms with Gasteiger partial charge in [-0.05, 0) is 54.4 Å². The summed E-state index contributed by atoms with van der Waals surface area (Å²) in [4.78, 5) is 44.2. The van der Waals surface area contributed by atoms with E-state index >= 15 is 0 Å². The van der Waals surface area contributed by atoms with Gasteiger partial charge in [0.25, 0.3) is 11.7 Å². The number of halogens is 2. The monoisotopic (exact) mass is 540 g/mol. The summed E-state index contributed by atoms with van der Waals surface area (Å²) in [6, 6.07) is 11.2. The fourth-order valence-corrected chi connectivity index (χ4v) is 4.65. The molecule has 190 valence electrons. The fourth-order valence-electron chi connectivity index (χ4n) is 4.08. The van der Waals surface area contributed by atoms with E-state index in [0.29, 0.717) is 23.2 Å². The normalized spacial score (nSPS) is 16.6. The van der Waals surface area contributed by atoms with Gasteiger partial charge in [-0.2, -0.15) is 0 Å². The molecule has 2 heterocycles. The van der Waals surface area contributed by atoms with Crippen molar-refractivity contribution in [2.24, 2.45) is 0 Å². The molecular weight excluding hydrogens is 519 g/mol. The Morgan fingerprint density at radius 3 is 2.49 bits per heavy atom. The smallest absolute Gasteiger partial charge is 0.338 e. The summed E-state index contributed by atoms with van der Waals surface area (Å²) in [5.41, 5.74) is 0.965. The van der Waals surface area contributed by atoms with Gasteiger partial charge in [0.2, 0.25) is 0 Å². The molecule has 0 saturated carbocycles. The zero-order valence-electron chi connectivity index (χ0n) is 19.9. The molecular formula is C27H22Cl2N2O6. The van der Waals surface area contributed by atoms with Gasteiger partial charge in [0, 0.05) is 23.1 Å². The van der Waals surface area contributed by atoms with E-state index < -0.39 is 29.5 Å². The number of aliphatic hydroxyl groups is 1. The lowest BCUT2D eigenvalue weighted by atomic mass is 9.95. The number of aromatic nitrogens is 1. The van der Waals surface area contributed by atoms with Crippen LogP contribution in [0.1, 0.15) is 40.9 Å². The number of aliphatic hydroxyl groups excluding tert-OH is 1. The van der Waals surface area contributed by atoms with E-state index in [1.165, 1.54) is 54.6 Å².